The van der Waals surface area contributed by atoms with Crippen molar-refractivity contribution < 1.29 is 19.3 Å². The minimum Gasteiger partial charge on any atom is -0.318 e. The third-order valence-corrected chi connectivity index (χ3v) is 5.98. The van der Waals surface area contributed by atoms with Gasteiger partial charge in [-0.05, 0) is 61.2 Å². The van der Waals surface area contributed by atoms with Crippen molar-refractivity contribution in [3.05, 3.63) is 77.4 Å². The van der Waals surface area contributed by atoms with Gasteiger partial charge in [0.2, 0.25) is 0 Å². The third-order valence-electron chi connectivity index (χ3n) is 5.98. The van der Waals surface area contributed by atoms with Gasteiger partial charge < -0.3 is 14.2 Å². The monoisotopic (exact) mass is 453 g/mol. The van der Waals surface area contributed by atoms with E-state index in [2.05, 4.69) is 39.1 Å². The fourth-order valence-electron chi connectivity index (χ4n) is 4.45. The van der Waals surface area contributed by atoms with Crippen molar-refractivity contribution >= 4 is 45.2 Å². The van der Waals surface area contributed by atoms with Crippen LogP contribution in [0, 0.1) is 0 Å². The third kappa shape index (κ3) is 3.85. The molecule has 1 aliphatic rings. The quantitative estimate of drug-likeness (QED) is 0.239. The van der Waals surface area contributed by atoms with Gasteiger partial charge in [0.15, 0.2) is 0 Å². The number of hydrogen-bond acceptors (Lipinski definition) is 6. The van der Waals surface area contributed by atoms with Gasteiger partial charge in [-0.25, -0.2) is 9.59 Å². The van der Waals surface area contributed by atoms with E-state index in [1.165, 1.54) is 19.4 Å². The van der Waals surface area contributed by atoms with Gasteiger partial charge in [-0.1, -0.05) is 40.6 Å². The van der Waals surface area contributed by atoms with Crippen LogP contribution in [0.25, 0.3) is 27.5 Å². The molecule has 0 N–H and O–H groups in total. The smallest absolute Gasteiger partial charge is 0.318 e. The highest BCUT2D eigenvalue weighted by molar-refractivity contribution is 6.14. The Morgan fingerprint density at radius 2 is 1.56 bits per heavy atom. The molecular formula is C27H23N3O4. The van der Waals surface area contributed by atoms with Crippen LogP contribution in [-0.4, -0.2) is 27.9 Å². The maximum Gasteiger partial charge on any atom is 0.331 e. The Kier molecular flexibility index (Phi) is 5.45. The summed E-state index contributed by atoms with van der Waals surface area (Å²) in [6, 6.07) is 20.7. The average molecular weight is 453 g/mol. The standard InChI is InChI=1S/C27H23N3O4/c1-16(28-33-17(2)31)19-8-11-21(12-9-19)30-26-7-5-4-6-22(26)24-15-23-20(14-27(24)30)10-13-25(23)29-34-18(3)32/h4-9,11-12,14-15H,10,13H2,1-3H3/b28-16?,29-25+. The molecule has 0 atom stereocenters. The molecule has 0 saturated carbocycles. The number of fused-ring (bicyclic) bond motifs is 4. The van der Waals surface area contributed by atoms with E-state index in [0.29, 0.717) is 5.71 Å². The molecule has 0 fully saturated rings. The van der Waals surface area contributed by atoms with Crippen LogP contribution in [0.2, 0.25) is 0 Å². The van der Waals surface area contributed by atoms with E-state index in [4.69, 9.17) is 9.68 Å². The molecule has 0 bridgehead atoms. The molecule has 0 spiro atoms. The van der Waals surface area contributed by atoms with E-state index in [1.54, 1.807) is 6.92 Å². The summed E-state index contributed by atoms with van der Waals surface area (Å²) in [4.78, 5) is 32.0. The van der Waals surface area contributed by atoms with Crippen molar-refractivity contribution in [3.8, 4) is 5.69 Å². The van der Waals surface area contributed by atoms with E-state index >= 15 is 0 Å². The predicted molar refractivity (Wildman–Crippen MR) is 131 cm³/mol. The fourth-order valence-corrected chi connectivity index (χ4v) is 4.45. The van der Waals surface area contributed by atoms with Gasteiger partial charge in [-0.15, -0.1) is 0 Å². The van der Waals surface area contributed by atoms with Crippen LogP contribution < -0.4 is 0 Å². The summed E-state index contributed by atoms with van der Waals surface area (Å²) in [6.07, 6.45) is 1.58. The number of benzene rings is 3. The molecule has 5 rings (SSSR count). The summed E-state index contributed by atoms with van der Waals surface area (Å²) in [6.45, 7) is 4.48. The number of carbonyl (C=O) groups is 2. The lowest BCUT2D eigenvalue weighted by atomic mass is 10.0. The summed E-state index contributed by atoms with van der Waals surface area (Å²) >= 11 is 0. The molecule has 1 aromatic heterocycles. The van der Waals surface area contributed by atoms with Crippen LogP contribution in [0.5, 0.6) is 0 Å². The number of aryl methyl sites for hydroxylation is 1. The van der Waals surface area contributed by atoms with E-state index in [-0.39, 0.29) is 0 Å². The normalized spacial score (nSPS) is 14.6. The fraction of sp³-hybridized carbons (Fsp3) is 0.185. The second-order valence-electron chi connectivity index (χ2n) is 8.31. The molecular weight excluding hydrogens is 430 g/mol. The predicted octanol–water partition coefficient (Wildman–Crippen LogP) is 5.28. The van der Waals surface area contributed by atoms with Gasteiger partial charge in [-0.3, -0.25) is 0 Å². The number of para-hydroxylation sites is 1. The van der Waals surface area contributed by atoms with Crippen LogP contribution in [0.4, 0.5) is 0 Å². The SMILES string of the molecule is CC(=O)ON=C(C)c1ccc(-n2c3ccccc3c3cc4c(cc32)CC/C4=N\OC(C)=O)cc1. The second-order valence-corrected chi connectivity index (χ2v) is 8.31. The number of hydrogen-bond donors (Lipinski definition) is 0. The lowest BCUT2D eigenvalue weighted by Gasteiger charge is -2.10. The van der Waals surface area contributed by atoms with Crippen molar-refractivity contribution in [2.24, 2.45) is 10.3 Å². The molecule has 1 heterocycles. The van der Waals surface area contributed by atoms with Crippen molar-refractivity contribution in [2.75, 3.05) is 0 Å². The molecule has 1 aliphatic carbocycles. The van der Waals surface area contributed by atoms with Gasteiger partial charge >= 0.3 is 11.9 Å². The van der Waals surface area contributed by atoms with Crippen molar-refractivity contribution in [1.82, 2.24) is 4.57 Å². The van der Waals surface area contributed by atoms with E-state index in [9.17, 15) is 9.59 Å². The first-order valence-corrected chi connectivity index (χ1v) is 11.1. The Bertz CT molecular complexity index is 1510. The van der Waals surface area contributed by atoms with Crippen LogP contribution in [0.3, 0.4) is 0 Å². The maximum absolute atomic E-state index is 11.2. The Balaban J connectivity index is 1.63. The van der Waals surface area contributed by atoms with E-state index in [0.717, 1.165) is 57.2 Å². The van der Waals surface area contributed by atoms with Crippen molar-refractivity contribution in [2.45, 2.75) is 33.6 Å². The first kappa shape index (κ1) is 21.6. The second kappa shape index (κ2) is 8.59. The summed E-state index contributed by atoms with van der Waals surface area (Å²) in [7, 11) is 0. The molecule has 7 nitrogen and oxygen atoms in total. The number of rotatable bonds is 4. The molecule has 0 saturated heterocycles. The number of nitrogens with zero attached hydrogens (tertiary/aromatic N) is 3. The summed E-state index contributed by atoms with van der Waals surface area (Å²) < 4.78 is 2.24. The highest BCUT2D eigenvalue weighted by atomic mass is 16.7. The minimum atomic E-state index is -0.449. The molecule has 0 amide bonds. The Morgan fingerprint density at radius 3 is 2.29 bits per heavy atom. The first-order valence-electron chi connectivity index (χ1n) is 11.1. The molecule has 0 aliphatic heterocycles. The zero-order valence-electron chi connectivity index (χ0n) is 19.2. The van der Waals surface area contributed by atoms with Crippen LogP contribution in [-0.2, 0) is 25.7 Å². The highest BCUT2D eigenvalue weighted by Crippen LogP contribution is 2.36. The average Bonchev–Trinajstić information content (AvgIpc) is 3.38. The highest BCUT2D eigenvalue weighted by Gasteiger charge is 2.22. The maximum atomic E-state index is 11.2. The molecule has 170 valence electrons. The molecule has 0 unspecified atom stereocenters. The van der Waals surface area contributed by atoms with E-state index < -0.39 is 11.9 Å². The van der Waals surface area contributed by atoms with Crippen LogP contribution in [0.1, 0.15) is 43.9 Å². The Hall–Kier alpha value is -4.26. The van der Waals surface area contributed by atoms with E-state index in [1.807, 2.05) is 36.4 Å². The number of carbonyl (C=O) groups excluding carboxylic acids is 2. The molecule has 0 radical (unpaired) electrons. The first-order chi connectivity index (χ1) is 16.4. The summed E-state index contributed by atoms with van der Waals surface area (Å²) in [5.74, 6) is -0.870. The Morgan fingerprint density at radius 1 is 0.824 bits per heavy atom. The molecule has 4 aromatic rings. The number of aromatic nitrogens is 1. The van der Waals surface area contributed by atoms with Gasteiger partial charge in [0.1, 0.15) is 0 Å². The minimum absolute atomic E-state index is 0.421. The Labute approximate surface area is 196 Å². The van der Waals surface area contributed by atoms with Crippen molar-refractivity contribution in [1.29, 1.82) is 0 Å². The van der Waals surface area contributed by atoms with Crippen LogP contribution in [0.15, 0.2) is 71.0 Å². The molecule has 3 aromatic carbocycles. The lowest BCUT2D eigenvalue weighted by Crippen LogP contribution is -2.01. The molecule has 34 heavy (non-hydrogen) atoms. The van der Waals surface area contributed by atoms with Gasteiger partial charge in [0, 0.05) is 35.9 Å². The topological polar surface area (TPSA) is 82.2 Å². The van der Waals surface area contributed by atoms with Gasteiger partial charge in [0.05, 0.1) is 22.5 Å². The van der Waals surface area contributed by atoms with Gasteiger partial charge in [-0.2, -0.15) is 0 Å². The zero-order chi connectivity index (χ0) is 23.8. The largest absolute Gasteiger partial charge is 0.331 e. The zero-order valence-corrected chi connectivity index (χ0v) is 19.2. The number of oxime groups is 2. The van der Waals surface area contributed by atoms with Crippen LogP contribution >= 0.6 is 0 Å². The molecule has 7 heteroatoms. The lowest BCUT2D eigenvalue weighted by molar-refractivity contribution is -0.141. The summed E-state index contributed by atoms with van der Waals surface area (Å²) in [5.41, 5.74) is 7.73. The summed E-state index contributed by atoms with van der Waals surface area (Å²) in [5, 5.41) is 10.2. The van der Waals surface area contributed by atoms with Crippen molar-refractivity contribution in [3.63, 3.8) is 0 Å². The van der Waals surface area contributed by atoms with Gasteiger partial charge in [0.25, 0.3) is 0 Å².